The molecule has 0 atom stereocenters. The molecule has 0 fully saturated rings. The predicted molar refractivity (Wildman–Crippen MR) is 102 cm³/mol. The summed E-state index contributed by atoms with van der Waals surface area (Å²) >= 11 is 0. The van der Waals surface area contributed by atoms with Crippen LogP contribution in [-0.4, -0.2) is 30.3 Å². The van der Waals surface area contributed by atoms with Crippen LogP contribution in [0.3, 0.4) is 0 Å². The second kappa shape index (κ2) is 7.42. The molecule has 1 aromatic heterocycles. The SMILES string of the molecule is Cc1c(CC(=O)O)c2cc(F)ccc2n1Cc1ccc(S(C)(=O)=O)cc1C(F)(F)F. The van der Waals surface area contributed by atoms with Crippen LogP contribution in [-0.2, 0) is 33.8 Å². The first kappa shape index (κ1) is 21.8. The molecule has 10 heteroatoms. The van der Waals surface area contributed by atoms with Crippen molar-refractivity contribution in [1.29, 1.82) is 0 Å². The number of alkyl halides is 3. The quantitative estimate of drug-likeness (QED) is 0.600. The van der Waals surface area contributed by atoms with Gasteiger partial charge in [-0.05, 0) is 48.4 Å². The number of sulfone groups is 1. The molecule has 30 heavy (non-hydrogen) atoms. The molecule has 5 nitrogen and oxygen atoms in total. The lowest BCUT2D eigenvalue weighted by Crippen LogP contribution is -2.14. The van der Waals surface area contributed by atoms with Crippen molar-refractivity contribution >= 4 is 26.7 Å². The third-order valence-corrected chi connectivity index (χ3v) is 6.00. The van der Waals surface area contributed by atoms with Gasteiger partial charge in [-0.1, -0.05) is 6.07 Å². The van der Waals surface area contributed by atoms with Gasteiger partial charge in [0.15, 0.2) is 9.84 Å². The maximum atomic E-state index is 13.7. The maximum Gasteiger partial charge on any atom is 0.416 e. The topological polar surface area (TPSA) is 76.4 Å². The van der Waals surface area contributed by atoms with Crippen LogP contribution < -0.4 is 0 Å². The van der Waals surface area contributed by atoms with Crippen LogP contribution in [0, 0.1) is 12.7 Å². The van der Waals surface area contributed by atoms with Crippen LogP contribution in [0.1, 0.15) is 22.4 Å². The summed E-state index contributed by atoms with van der Waals surface area (Å²) in [7, 11) is -3.85. The fraction of sp³-hybridized carbons (Fsp3) is 0.250. The lowest BCUT2D eigenvalue weighted by molar-refractivity contribution is -0.138. The van der Waals surface area contributed by atoms with Crippen molar-refractivity contribution in [3.8, 4) is 0 Å². The fourth-order valence-corrected chi connectivity index (χ4v) is 4.11. The zero-order valence-corrected chi connectivity index (χ0v) is 16.7. The molecule has 3 aromatic rings. The minimum Gasteiger partial charge on any atom is -0.481 e. The molecule has 0 saturated carbocycles. The third-order valence-electron chi connectivity index (χ3n) is 4.89. The molecule has 3 rings (SSSR count). The Bertz CT molecular complexity index is 1260. The minimum atomic E-state index is -4.80. The highest BCUT2D eigenvalue weighted by Crippen LogP contribution is 2.35. The Hall–Kier alpha value is -2.88. The number of rotatable bonds is 5. The summed E-state index contributed by atoms with van der Waals surface area (Å²) in [5.74, 6) is -1.75. The zero-order chi connectivity index (χ0) is 22.4. The lowest BCUT2D eigenvalue weighted by Gasteiger charge is -2.16. The Labute approximate surface area is 169 Å². The van der Waals surface area contributed by atoms with E-state index in [1.165, 1.54) is 10.6 Å². The van der Waals surface area contributed by atoms with Gasteiger partial charge in [0.2, 0.25) is 0 Å². The molecule has 0 spiro atoms. The van der Waals surface area contributed by atoms with E-state index in [4.69, 9.17) is 5.11 Å². The highest BCUT2D eigenvalue weighted by Gasteiger charge is 2.34. The van der Waals surface area contributed by atoms with Gasteiger partial charge in [0.25, 0.3) is 0 Å². The highest BCUT2D eigenvalue weighted by molar-refractivity contribution is 7.90. The molecule has 2 aromatic carbocycles. The van der Waals surface area contributed by atoms with Crippen molar-refractivity contribution < 1.29 is 35.9 Å². The Balaban J connectivity index is 2.22. The summed E-state index contributed by atoms with van der Waals surface area (Å²) < 4.78 is 79.5. The summed E-state index contributed by atoms with van der Waals surface area (Å²) in [5.41, 5.74) is -0.225. The number of halogens is 4. The molecule has 0 unspecified atom stereocenters. The molecule has 160 valence electrons. The Morgan fingerprint density at radius 2 is 1.80 bits per heavy atom. The normalized spacial score (nSPS) is 12.5. The van der Waals surface area contributed by atoms with E-state index in [1.807, 2.05) is 0 Å². The predicted octanol–water partition coefficient (Wildman–Crippen LogP) is 4.19. The Morgan fingerprint density at radius 3 is 2.37 bits per heavy atom. The number of carboxylic acids is 1. The van der Waals surface area contributed by atoms with Crippen molar-refractivity contribution in [2.45, 2.75) is 31.0 Å². The van der Waals surface area contributed by atoms with E-state index < -0.39 is 44.7 Å². The Kier molecular flexibility index (Phi) is 5.40. The van der Waals surface area contributed by atoms with E-state index in [0.29, 0.717) is 28.2 Å². The summed E-state index contributed by atoms with van der Waals surface area (Å²) in [6.45, 7) is 1.25. The first-order chi connectivity index (χ1) is 13.8. The number of benzene rings is 2. The smallest absolute Gasteiger partial charge is 0.416 e. The molecular weight excluding hydrogens is 426 g/mol. The number of aromatic nitrogens is 1. The number of aliphatic carboxylic acids is 1. The van der Waals surface area contributed by atoms with E-state index in [0.717, 1.165) is 30.5 Å². The molecule has 0 bridgehead atoms. The van der Waals surface area contributed by atoms with Gasteiger partial charge in [-0.15, -0.1) is 0 Å². The van der Waals surface area contributed by atoms with Crippen LogP contribution in [0.4, 0.5) is 17.6 Å². The van der Waals surface area contributed by atoms with Crippen molar-refractivity contribution in [3.05, 3.63) is 64.6 Å². The summed E-state index contributed by atoms with van der Waals surface area (Å²) in [5, 5.41) is 9.47. The highest BCUT2D eigenvalue weighted by atomic mass is 32.2. The largest absolute Gasteiger partial charge is 0.481 e. The average Bonchev–Trinajstić information content (AvgIpc) is 2.85. The van der Waals surface area contributed by atoms with Crippen molar-refractivity contribution in [3.63, 3.8) is 0 Å². The van der Waals surface area contributed by atoms with E-state index in [9.17, 15) is 30.8 Å². The monoisotopic (exact) mass is 443 g/mol. The lowest BCUT2D eigenvalue weighted by atomic mass is 10.1. The van der Waals surface area contributed by atoms with E-state index >= 15 is 0 Å². The molecule has 0 saturated heterocycles. The first-order valence-corrected chi connectivity index (χ1v) is 10.6. The molecular formula is C20H17F4NO4S. The van der Waals surface area contributed by atoms with E-state index in [2.05, 4.69) is 0 Å². The van der Waals surface area contributed by atoms with E-state index in [-0.39, 0.29) is 12.1 Å². The van der Waals surface area contributed by atoms with Gasteiger partial charge in [-0.3, -0.25) is 4.79 Å². The van der Waals surface area contributed by atoms with Crippen LogP contribution in [0.2, 0.25) is 0 Å². The number of carbonyl (C=O) groups is 1. The number of hydrogen-bond donors (Lipinski definition) is 1. The van der Waals surface area contributed by atoms with Crippen LogP contribution in [0.15, 0.2) is 41.3 Å². The summed E-state index contributed by atoms with van der Waals surface area (Å²) in [6, 6.07) is 6.43. The zero-order valence-electron chi connectivity index (χ0n) is 15.9. The van der Waals surface area contributed by atoms with Gasteiger partial charge in [0, 0.05) is 29.4 Å². The molecule has 1 N–H and O–H groups in total. The van der Waals surface area contributed by atoms with Crippen molar-refractivity contribution in [2.24, 2.45) is 0 Å². The fourth-order valence-electron chi connectivity index (χ4n) is 3.46. The van der Waals surface area contributed by atoms with Crippen molar-refractivity contribution in [2.75, 3.05) is 6.26 Å². The number of nitrogens with zero attached hydrogens (tertiary/aromatic N) is 1. The number of carboxylic acid groups (broad SMARTS) is 1. The molecule has 1 heterocycles. The Morgan fingerprint density at radius 1 is 1.13 bits per heavy atom. The van der Waals surface area contributed by atoms with Crippen molar-refractivity contribution in [1.82, 2.24) is 4.57 Å². The van der Waals surface area contributed by atoms with Gasteiger partial charge < -0.3 is 9.67 Å². The summed E-state index contributed by atoms with van der Waals surface area (Å²) in [6.07, 6.45) is -4.40. The van der Waals surface area contributed by atoms with E-state index in [1.54, 1.807) is 6.92 Å². The second-order valence-corrected chi connectivity index (χ2v) is 8.99. The molecule has 0 radical (unpaired) electrons. The summed E-state index contributed by atoms with van der Waals surface area (Å²) in [4.78, 5) is 10.8. The average molecular weight is 443 g/mol. The van der Waals surface area contributed by atoms with Crippen LogP contribution in [0.25, 0.3) is 10.9 Å². The van der Waals surface area contributed by atoms with Gasteiger partial charge >= 0.3 is 12.1 Å². The number of hydrogen-bond acceptors (Lipinski definition) is 3. The molecule has 0 aliphatic rings. The minimum absolute atomic E-state index is 0.193. The third kappa shape index (κ3) is 4.18. The first-order valence-electron chi connectivity index (χ1n) is 8.68. The van der Waals surface area contributed by atoms with Crippen LogP contribution in [0.5, 0.6) is 0 Å². The second-order valence-electron chi connectivity index (χ2n) is 6.97. The molecule has 0 aliphatic heterocycles. The standard InChI is InChI=1S/C20H17F4NO4S/c1-11-15(9-19(26)27)16-7-13(21)4-6-18(16)25(11)10-12-3-5-14(30(2,28)29)8-17(12)20(22,23)24/h3-8H,9-10H2,1-2H3,(H,26,27). The van der Waals surface area contributed by atoms with Gasteiger partial charge in [0.1, 0.15) is 5.82 Å². The van der Waals surface area contributed by atoms with Crippen LogP contribution >= 0.6 is 0 Å². The van der Waals surface area contributed by atoms with Gasteiger partial charge in [0.05, 0.1) is 16.9 Å². The molecule has 0 amide bonds. The molecule has 0 aliphatic carbocycles. The maximum absolute atomic E-state index is 13.7. The number of fused-ring (bicyclic) bond motifs is 1. The van der Waals surface area contributed by atoms with Gasteiger partial charge in [-0.25, -0.2) is 12.8 Å². The van der Waals surface area contributed by atoms with Gasteiger partial charge in [-0.2, -0.15) is 13.2 Å².